The SMILES string of the molecule is CNC(C)c1ccccc1SC(C)CO. The lowest BCUT2D eigenvalue weighted by molar-refractivity contribution is 0.300. The zero-order valence-electron chi connectivity index (χ0n) is 9.53. The van der Waals surface area contributed by atoms with Gasteiger partial charge in [0.25, 0.3) is 0 Å². The van der Waals surface area contributed by atoms with Crippen LogP contribution in [0.2, 0.25) is 0 Å². The average Bonchev–Trinajstić information content (AvgIpc) is 2.28. The van der Waals surface area contributed by atoms with Gasteiger partial charge in [0.2, 0.25) is 0 Å². The van der Waals surface area contributed by atoms with Crippen LogP contribution in [0.1, 0.15) is 25.5 Å². The van der Waals surface area contributed by atoms with E-state index in [1.807, 2.05) is 20.0 Å². The van der Waals surface area contributed by atoms with Gasteiger partial charge in [-0.2, -0.15) is 0 Å². The van der Waals surface area contributed by atoms with E-state index < -0.39 is 0 Å². The number of nitrogens with one attached hydrogen (secondary N) is 1. The number of aliphatic hydroxyl groups excluding tert-OH is 1. The molecule has 1 aromatic carbocycles. The Morgan fingerprint density at radius 3 is 2.60 bits per heavy atom. The molecule has 2 unspecified atom stereocenters. The second-order valence-corrected chi connectivity index (χ2v) is 5.14. The van der Waals surface area contributed by atoms with Gasteiger partial charge in [0, 0.05) is 16.2 Å². The van der Waals surface area contributed by atoms with Gasteiger partial charge in [-0.3, -0.25) is 0 Å². The fraction of sp³-hybridized carbons (Fsp3) is 0.500. The zero-order valence-corrected chi connectivity index (χ0v) is 10.3. The van der Waals surface area contributed by atoms with E-state index in [2.05, 4.69) is 30.4 Å². The first kappa shape index (κ1) is 12.6. The summed E-state index contributed by atoms with van der Waals surface area (Å²) in [5.74, 6) is 0. The van der Waals surface area contributed by atoms with Crippen molar-refractivity contribution in [3.63, 3.8) is 0 Å². The van der Waals surface area contributed by atoms with Crippen molar-refractivity contribution in [1.29, 1.82) is 0 Å². The van der Waals surface area contributed by atoms with Gasteiger partial charge in [-0.25, -0.2) is 0 Å². The third-order valence-corrected chi connectivity index (χ3v) is 3.58. The highest BCUT2D eigenvalue weighted by molar-refractivity contribution is 8.00. The van der Waals surface area contributed by atoms with Gasteiger partial charge in [-0.1, -0.05) is 25.1 Å². The largest absolute Gasteiger partial charge is 0.395 e. The lowest BCUT2D eigenvalue weighted by Crippen LogP contribution is -2.13. The minimum absolute atomic E-state index is 0.215. The Bertz CT molecular complexity index is 303. The molecule has 0 fully saturated rings. The molecule has 1 rings (SSSR count). The summed E-state index contributed by atoms with van der Waals surface area (Å²) >= 11 is 1.72. The molecule has 0 heterocycles. The fourth-order valence-electron chi connectivity index (χ4n) is 1.36. The Morgan fingerprint density at radius 1 is 1.33 bits per heavy atom. The highest BCUT2D eigenvalue weighted by Crippen LogP contribution is 2.29. The number of hydrogen-bond acceptors (Lipinski definition) is 3. The third-order valence-electron chi connectivity index (χ3n) is 2.40. The molecule has 2 atom stereocenters. The van der Waals surface area contributed by atoms with E-state index in [-0.39, 0.29) is 11.9 Å². The van der Waals surface area contributed by atoms with E-state index in [0.29, 0.717) is 6.04 Å². The van der Waals surface area contributed by atoms with Crippen LogP contribution in [0.25, 0.3) is 0 Å². The van der Waals surface area contributed by atoms with Crippen molar-refractivity contribution in [2.24, 2.45) is 0 Å². The molecule has 3 heteroatoms. The molecule has 0 bridgehead atoms. The lowest BCUT2D eigenvalue weighted by Gasteiger charge is -2.17. The molecule has 0 aromatic heterocycles. The van der Waals surface area contributed by atoms with Crippen molar-refractivity contribution in [2.45, 2.75) is 30.0 Å². The highest BCUT2D eigenvalue weighted by atomic mass is 32.2. The number of hydrogen-bond donors (Lipinski definition) is 2. The summed E-state index contributed by atoms with van der Waals surface area (Å²) in [5, 5.41) is 12.5. The molecule has 0 radical (unpaired) electrons. The molecule has 1 aromatic rings. The minimum atomic E-state index is 0.215. The first-order valence-electron chi connectivity index (χ1n) is 5.22. The molecule has 0 amide bonds. The van der Waals surface area contributed by atoms with Crippen LogP contribution < -0.4 is 5.32 Å². The Morgan fingerprint density at radius 2 is 2.00 bits per heavy atom. The van der Waals surface area contributed by atoms with Crippen molar-refractivity contribution in [1.82, 2.24) is 5.32 Å². The van der Waals surface area contributed by atoms with Crippen LogP contribution in [0.15, 0.2) is 29.2 Å². The predicted molar refractivity (Wildman–Crippen MR) is 66.3 cm³/mol. The molecule has 0 saturated heterocycles. The molecule has 15 heavy (non-hydrogen) atoms. The molecule has 0 aliphatic heterocycles. The smallest absolute Gasteiger partial charge is 0.0550 e. The second kappa shape index (κ2) is 6.16. The molecule has 2 N–H and O–H groups in total. The number of thioether (sulfide) groups is 1. The predicted octanol–water partition coefficient (Wildman–Crippen LogP) is 2.44. The maximum Gasteiger partial charge on any atom is 0.0550 e. The number of benzene rings is 1. The average molecular weight is 225 g/mol. The molecule has 0 aliphatic carbocycles. The van der Waals surface area contributed by atoms with Gasteiger partial charge < -0.3 is 10.4 Å². The number of rotatable bonds is 5. The summed E-state index contributed by atoms with van der Waals surface area (Å²) in [6.07, 6.45) is 0. The van der Waals surface area contributed by atoms with E-state index >= 15 is 0 Å². The minimum Gasteiger partial charge on any atom is -0.395 e. The van der Waals surface area contributed by atoms with Gasteiger partial charge >= 0.3 is 0 Å². The molecule has 84 valence electrons. The highest BCUT2D eigenvalue weighted by Gasteiger charge is 2.10. The summed E-state index contributed by atoms with van der Waals surface area (Å²) in [7, 11) is 1.96. The van der Waals surface area contributed by atoms with Crippen molar-refractivity contribution >= 4 is 11.8 Å². The number of aliphatic hydroxyl groups is 1. The summed E-state index contributed by atoms with van der Waals surface area (Å²) < 4.78 is 0. The Labute approximate surface area is 96.1 Å². The molecule has 0 saturated carbocycles. The quantitative estimate of drug-likeness (QED) is 0.755. The van der Waals surface area contributed by atoms with E-state index in [0.717, 1.165) is 0 Å². The maximum absolute atomic E-state index is 9.05. The molecule has 0 aliphatic rings. The molecule has 0 spiro atoms. The normalized spacial score (nSPS) is 14.9. The molecular weight excluding hydrogens is 206 g/mol. The molecular formula is C12H19NOS. The van der Waals surface area contributed by atoms with Crippen LogP contribution in [0.4, 0.5) is 0 Å². The summed E-state index contributed by atoms with van der Waals surface area (Å²) in [5.41, 5.74) is 1.30. The molecule has 2 nitrogen and oxygen atoms in total. The van der Waals surface area contributed by atoms with Crippen LogP contribution in [-0.4, -0.2) is 24.0 Å². The Kier molecular flexibility index (Phi) is 5.15. The summed E-state index contributed by atoms with van der Waals surface area (Å²) in [6, 6.07) is 8.68. The first-order chi connectivity index (χ1) is 7.19. The summed E-state index contributed by atoms with van der Waals surface area (Å²) in [4.78, 5) is 1.25. The van der Waals surface area contributed by atoms with Crippen molar-refractivity contribution < 1.29 is 5.11 Å². The van der Waals surface area contributed by atoms with Gasteiger partial charge in [-0.05, 0) is 25.6 Å². The second-order valence-electron chi connectivity index (χ2n) is 3.66. The van der Waals surface area contributed by atoms with Gasteiger partial charge in [0.15, 0.2) is 0 Å². The van der Waals surface area contributed by atoms with Crippen LogP contribution in [0, 0.1) is 0 Å². The monoisotopic (exact) mass is 225 g/mol. The lowest BCUT2D eigenvalue weighted by atomic mass is 10.1. The van der Waals surface area contributed by atoms with Crippen LogP contribution in [0.5, 0.6) is 0 Å². The van der Waals surface area contributed by atoms with E-state index in [4.69, 9.17) is 5.11 Å². The fourth-order valence-corrected chi connectivity index (χ4v) is 2.40. The van der Waals surface area contributed by atoms with E-state index in [1.54, 1.807) is 11.8 Å². The standard InChI is InChI=1S/C12H19NOS/c1-9(8-14)15-12-7-5-4-6-11(12)10(2)13-3/h4-7,9-10,13-14H,8H2,1-3H3. The van der Waals surface area contributed by atoms with Crippen molar-refractivity contribution in [2.75, 3.05) is 13.7 Å². The Hall–Kier alpha value is -0.510. The van der Waals surface area contributed by atoms with E-state index in [9.17, 15) is 0 Å². The zero-order chi connectivity index (χ0) is 11.3. The topological polar surface area (TPSA) is 32.3 Å². The van der Waals surface area contributed by atoms with E-state index in [1.165, 1.54) is 10.5 Å². The Balaban J connectivity index is 2.86. The van der Waals surface area contributed by atoms with Crippen molar-refractivity contribution in [3.8, 4) is 0 Å². The van der Waals surface area contributed by atoms with Crippen LogP contribution in [0.3, 0.4) is 0 Å². The van der Waals surface area contributed by atoms with Crippen molar-refractivity contribution in [3.05, 3.63) is 29.8 Å². The van der Waals surface area contributed by atoms with Gasteiger partial charge in [0.1, 0.15) is 0 Å². The third kappa shape index (κ3) is 3.52. The van der Waals surface area contributed by atoms with Gasteiger partial charge in [-0.15, -0.1) is 11.8 Å². The van der Waals surface area contributed by atoms with Crippen LogP contribution >= 0.6 is 11.8 Å². The maximum atomic E-state index is 9.05. The summed E-state index contributed by atoms with van der Waals surface area (Å²) in [6.45, 7) is 4.39. The van der Waals surface area contributed by atoms with Crippen LogP contribution in [-0.2, 0) is 0 Å². The first-order valence-corrected chi connectivity index (χ1v) is 6.10. The van der Waals surface area contributed by atoms with Gasteiger partial charge in [0.05, 0.1) is 6.61 Å².